The van der Waals surface area contributed by atoms with Crippen LogP contribution in [0.25, 0.3) is 0 Å². The molecule has 0 spiro atoms. The van der Waals surface area contributed by atoms with Gasteiger partial charge in [-0.1, -0.05) is 33.1 Å². The van der Waals surface area contributed by atoms with E-state index >= 15 is 0 Å². The van der Waals surface area contributed by atoms with Crippen LogP contribution < -0.4 is 5.32 Å². The first-order valence-corrected chi connectivity index (χ1v) is 8.51. The predicted octanol–water partition coefficient (Wildman–Crippen LogP) is 2.37. The van der Waals surface area contributed by atoms with Crippen molar-refractivity contribution in [3.63, 3.8) is 0 Å². The first-order valence-electron chi connectivity index (χ1n) is 8.51. The van der Waals surface area contributed by atoms with Crippen LogP contribution in [0.4, 0.5) is 0 Å². The number of hydrogen-bond donors (Lipinski definition) is 2. The van der Waals surface area contributed by atoms with Gasteiger partial charge in [0.25, 0.3) is 0 Å². The number of amides is 2. The Hall–Kier alpha value is -1.85. The molecule has 0 bridgehead atoms. The minimum absolute atomic E-state index is 0.169. The van der Waals surface area contributed by atoms with Crippen LogP contribution in [0.5, 0.6) is 0 Å². The van der Waals surface area contributed by atoms with Crippen molar-refractivity contribution in [3.05, 3.63) is 17.5 Å². The molecule has 2 unspecified atom stereocenters. The predicted molar refractivity (Wildman–Crippen MR) is 91.1 cm³/mol. The number of rotatable bonds is 5. The van der Waals surface area contributed by atoms with E-state index in [2.05, 4.69) is 35.4 Å². The summed E-state index contributed by atoms with van der Waals surface area (Å²) in [6.07, 6.45) is 8.02. The third-order valence-corrected chi connectivity index (χ3v) is 3.87. The summed E-state index contributed by atoms with van der Waals surface area (Å²) in [5.74, 6) is 0.588. The Labute approximate surface area is 139 Å². The van der Waals surface area contributed by atoms with Crippen molar-refractivity contribution in [1.82, 2.24) is 20.4 Å². The van der Waals surface area contributed by atoms with E-state index in [-0.39, 0.29) is 6.04 Å². The van der Waals surface area contributed by atoms with Gasteiger partial charge in [-0.3, -0.25) is 14.7 Å². The van der Waals surface area contributed by atoms with E-state index in [0.29, 0.717) is 18.9 Å². The normalized spacial score (nSPS) is 19.6. The van der Waals surface area contributed by atoms with Gasteiger partial charge in [0, 0.05) is 24.8 Å². The Morgan fingerprint density at radius 3 is 2.52 bits per heavy atom. The molecule has 1 aliphatic heterocycles. The van der Waals surface area contributed by atoms with Crippen molar-refractivity contribution in [1.29, 1.82) is 0 Å². The van der Waals surface area contributed by atoms with Gasteiger partial charge in [0.15, 0.2) is 0 Å². The third kappa shape index (κ3) is 8.38. The highest BCUT2D eigenvalue weighted by atomic mass is 16.1. The number of likely N-dealkylation sites (tertiary alicyclic amines) is 1. The molecule has 1 aromatic rings. The Kier molecular flexibility index (Phi) is 9.02. The molecule has 2 heterocycles. The molecule has 2 amide bonds. The summed E-state index contributed by atoms with van der Waals surface area (Å²) in [6.45, 7) is 7.81. The second kappa shape index (κ2) is 10.8. The number of nitrogens with one attached hydrogen (secondary N) is 2. The van der Waals surface area contributed by atoms with Crippen molar-refractivity contribution < 1.29 is 9.59 Å². The van der Waals surface area contributed by atoms with Gasteiger partial charge in [-0.25, -0.2) is 0 Å². The summed E-state index contributed by atoms with van der Waals surface area (Å²) in [5, 5.41) is 9.72. The number of carbonyl (C=O) groups is 2. The average molecular weight is 322 g/mol. The number of nitrogens with zero attached hydrogens (tertiary/aromatic N) is 2. The van der Waals surface area contributed by atoms with Crippen molar-refractivity contribution >= 4 is 12.8 Å². The van der Waals surface area contributed by atoms with E-state index in [9.17, 15) is 9.59 Å². The maximum atomic E-state index is 10.2. The molecule has 3 rings (SSSR count). The minimum Gasteiger partial charge on any atom is -0.354 e. The number of carbonyl (C=O) groups excluding carboxylic acids is 2. The molecular formula is C17H30N4O2. The van der Waals surface area contributed by atoms with Gasteiger partial charge in [0.1, 0.15) is 0 Å². The maximum absolute atomic E-state index is 10.2. The second-order valence-electron chi connectivity index (χ2n) is 6.22. The standard InChI is InChI=1S/C8H14N2.C6H10N2O2.C3H6/c1-4-6(2)8-5-7(3)9-10-8;9-4-7-6-1-2-8(3-6)5-10;1-2-3-1/h5-6H,4H2,1-3H3,(H,9,10);4-6H,1-3H2,(H,7,9);1-3H2. The molecule has 0 radical (unpaired) electrons. The Morgan fingerprint density at radius 1 is 1.43 bits per heavy atom. The quantitative estimate of drug-likeness (QED) is 0.817. The summed E-state index contributed by atoms with van der Waals surface area (Å²) in [6, 6.07) is 2.27. The summed E-state index contributed by atoms with van der Waals surface area (Å²) < 4.78 is 0. The molecule has 0 aromatic carbocycles. The van der Waals surface area contributed by atoms with Gasteiger partial charge in [0.2, 0.25) is 12.8 Å². The summed E-state index contributed by atoms with van der Waals surface area (Å²) >= 11 is 0. The van der Waals surface area contributed by atoms with E-state index in [0.717, 1.165) is 31.5 Å². The number of aromatic amines is 1. The lowest BCUT2D eigenvalue weighted by Crippen LogP contribution is -2.30. The van der Waals surface area contributed by atoms with Gasteiger partial charge in [-0.2, -0.15) is 5.10 Å². The summed E-state index contributed by atoms with van der Waals surface area (Å²) in [5.41, 5.74) is 2.33. The van der Waals surface area contributed by atoms with Gasteiger partial charge in [-0.05, 0) is 31.7 Å². The molecule has 2 fully saturated rings. The summed E-state index contributed by atoms with van der Waals surface area (Å²) in [4.78, 5) is 21.8. The van der Waals surface area contributed by atoms with Crippen molar-refractivity contribution in [2.75, 3.05) is 13.1 Å². The zero-order valence-corrected chi connectivity index (χ0v) is 14.5. The highest BCUT2D eigenvalue weighted by Crippen LogP contribution is 2.15. The van der Waals surface area contributed by atoms with Gasteiger partial charge in [0.05, 0.1) is 5.69 Å². The SMILES string of the molecule is C1CC1.CCC(C)c1cc(C)[nH]n1.O=CNC1CCN(C=O)C1. The van der Waals surface area contributed by atoms with E-state index in [1.54, 1.807) is 4.90 Å². The maximum Gasteiger partial charge on any atom is 0.209 e. The van der Waals surface area contributed by atoms with Crippen LogP contribution in [0.2, 0.25) is 0 Å². The van der Waals surface area contributed by atoms with Crippen molar-refractivity contribution in [3.8, 4) is 0 Å². The van der Waals surface area contributed by atoms with E-state index in [4.69, 9.17) is 0 Å². The summed E-state index contributed by atoms with van der Waals surface area (Å²) in [7, 11) is 0. The molecule has 2 atom stereocenters. The van der Waals surface area contributed by atoms with Crippen molar-refractivity contribution in [2.45, 2.75) is 64.8 Å². The zero-order valence-electron chi connectivity index (χ0n) is 14.5. The van der Waals surface area contributed by atoms with Crippen molar-refractivity contribution in [2.24, 2.45) is 0 Å². The van der Waals surface area contributed by atoms with Crippen LogP contribution >= 0.6 is 0 Å². The Bertz CT molecular complexity index is 456. The fraction of sp³-hybridized carbons (Fsp3) is 0.706. The van der Waals surface area contributed by atoms with Crippen LogP contribution in [0, 0.1) is 6.92 Å². The Morgan fingerprint density at radius 2 is 2.13 bits per heavy atom. The highest BCUT2D eigenvalue weighted by Gasteiger charge is 2.19. The van der Waals surface area contributed by atoms with Gasteiger partial charge >= 0.3 is 0 Å². The third-order valence-electron chi connectivity index (χ3n) is 3.87. The molecule has 1 saturated heterocycles. The largest absolute Gasteiger partial charge is 0.354 e. The topological polar surface area (TPSA) is 78.1 Å². The van der Waals surface area contributed by atoms with E-state index in [1.807, 2.05) is 6.92 Å². The Balaban J connectivity index is 0.000000194. The minimum atomic E-state index is 0.169. The fourth-order valence-electron chi connectivity index (χ4n) is 2.02. The molecule has 130 valence electrons. The van der Waals surface area contributed by atoms with Crippen LogP contribution in [-0.4, -0.2) is 47.0 Å². The molecule has 1 aliphatic carbocycles. The molecule has 2 aliphatic rings. The average Bonchev–Trinajstić information content (AvgIpc) is 3.28. The highest BCUT2D eigenvalue weighted by molar-refractivity contribution is 5.50. The number of H-pyrrole nitrogens is 1. The molecule has 6 heteroatoms. The number of aromatic nitrogens is 2. The van der Waals surface area contributed by atoms with E-state index in [1.165, 1.54) is 25.0 Å². The molecule has 23 heavy (non-hydrogen) atoms. The fourth-order valence-corrected chi connectivity index (χ4v) is 2.02. The lowest BCUT2D eigenvalue weighted by Gasteiger charge is -2.08. The molecular weight excluding hydrogens is 292 g/mol. The van der Waals surface area contributed by atoms with Crippen LogP contribution in [0.15, 0.2) is 6.07 Å². The lowest BCUT2D eigenvalue weighted by molar-refractivity contribution is -0.117. The molecule has 1 aromatic heterocycles. The smallest absolute Gasteiger partial charge is 0.209 e. The van der Waals surface area contributed by atoms with Gasteiger partial charge in [-0.15, -0.1) is 0 Å². The lowest BCUT2D eigenvalue weighted by atomic mass is 10.1. The molecule has 1 saturated carbocycles. The molecule has 6 nitrogen and oxygen atoms in total. The number of hydrogen-bond acceptors (Lipinski definition) is 3. The zero-order chi connectivity index (χ0) is 17.1. The van der Waals surface area contributed by atoms with Crippen LogP contribution in [0.1, 0.15) is 63.3 Å². The van der Waals surface area contributed by atoms with Crippen LogP contribution in [-0.2, 0) is 9.59 Å². The first kappa shape index (κ1) is 19.2. The number of aryl methyl sites for hydroxylation is 1. The van der Waals surface area contributed by atoms with E-state index < -0.39 is 0 Å². The first-order chi connectivity index (χ1) is 11.1. The monoisotopic (exact) mass is 322 g/mol. The van der Waals surface area contributed by atoms with Crippen LogP contribution in [0.3, 0.4) is 0 Å². The molecule has 2 N–H and O–H groups in total. The second-order valence-corrected chi connectivity index (χ2v) is 6.22. The van der Waals surface area contributed by atoms with Gasteiger partial charge < -0.3 is 10.2 Å².